The van der Waals surface area contributed by atoms with Crippen LogP contribution in [-0.2, 0) is 4.79 Å². The van der Waals surface area contributed by atoms with E-state index in [0.29, 0.717) is 25.9 Å². The Balaban J connectivity index is 1.94. The van der Waals surface area contributed by atoms with Gasteiger partial charge in [0, 0.05) is 19.2 Å². The van der Waals surface area contributed by atoms with Crippen molar-refractivity contribution in [1.29, 1.82) is 0 Å². The number of aryl methyl sites for hydroxylation is 1. The van der Waals surface area contributed by atoms with Crippen molar-refractivity contribution in [3.63, 3.8) is 0 Å². The topological polar surface area (TPSA) is 40.5 Å². The lowest BCUT2D eigenvalue weighted by atomic mass is 10.1. The van der Waals surface area contributed by atoms with Crippen LogP contribution in [0.4, 0.5) is 0 Å². The van der Waals surface area contributed by atoms with Crippen LogP contribution in [0.15, 0.2) is 30.3 Å². The van der Waals surface area contributed by atoms with Crippen molar-refractivity contribution in [2.45, 2.75) is 25.9 Å². The van der Waals surface area contributed by atoms with E-state index in [9.17, 15) is 9.90 Å². The van der Waals surface area contributed by atoms with Crippen LogP contribution in [0.25, 0.3) is 6.08 Å². The van der Waals surface area contributed by atoms with Gasteiger partial charge in [-0.15, -0.1) is 0 Å². The maximum atomic E-state index is 11.9. The molecule has 1 fully saturated rings. The van der Waals surface area contributed by atoms with Crippen LogP contribution in [-0.4, -0.2) is 35.1 Å². The fourth-order valence-corrected chi connectivity index (χ4v) is 2.13. The van der Waals surface area contributed by atoms with E-state index < -0.39 is 0 Å². The third-order valence-corrected chi connectivity index (χ3v) is 3.24. The predicted octanol–water partition coefficient (Wildman–Crippen LogP) is 1.99. The molecule has 1 heterocycles. The Bertz CT molecular complexity index is 446. The van der Waals surface area contributed by atoms with Gasteiger partial charge in [-0.1, -0.05) is 29.8 Å². The second-order valence-corrected chi connectivity index (χ2v) is 4.80. The first kappa shape index (κ1) is 12.8. The number of carbonyl (C=O) groups is 1. The number of carbonyl (C=O) groups excluding carboxylic acids is 1. The Hall–Kier alpha value is -1.61. The maximum absolute atomic E-state index is 11.9. The van der Waals surface area contributed by atoms with Crippen molar-refractivity contribution < 1.29 is 9.90 Å². The average Bonchev–Trinajstić information content (AvgIpc) is 2.37. The molecule has 3 nitrogen and oxygen atoms in total. The molecule has 0 unspecified atom stereocenters. The molecular weight excluding hydrogens is 226 g/mol. The SMILES string of the molecule is Cc1cccc(/C=C/C(=O)N2CCC(O)CC2)c1. The van der Waals surface area contributed by atoms with Crippen LogP contribution in [0, 0.1) is 6.92 Å². The Labute approximate surface area is 108 Å². The number of hydrogen-bond donors (Lipinski definition) is 1. The van der Waals surface area contributed by atoms with E-state index in [2.05, 4.69) is 0 Å². The standard InChI is InChI=1S/C15H19NO2/c1-12-3-2-4-13(11-12)5-6-15(18)16-9-7-14(17)8-10-16/h2-6,11,14,17H,7-10H2,1H3/b6-5+. The van der Waals surface area contributed by atoms with Gasteiger partial charge >= 0.3 is 0 Å². The zero-order valence-corrected chi connectivity index (χ0v) is 10.7. The Morgan fingerprint density at radius 1 is 1.39 bits per heavy atom. The van der Waals surface area contributed by atoms with Crippen molar-refractivity contribution in [1.82, 2.24) is 4.90 Å². The summed E-state index contributed by atoms with van der Waals surface area (Å²) in [5, 5.41) is 9.39. The summed E-state index contributed by atoms with van der Waals surface area (Å²) in [5.74, 6) is 0.0309. The fourth-order valence-electron chi connectivity index (χ4n) is 2.13. The van der Waals surface area contributed by atoms with Gasteiger partial charge in [0.2, 0.25) is 5.91 Å². The van der Waals surface area contributed by atoms with E-state index in [-0.39, 0.29) is 12.0 Å². The molecule has 0 aromatic heterocycles. The third-order valence-electron chi connectivity index (χ3n) is 3.24. The number of rotatable bonds is 2. The van der Waals surface area contributed by atoms with Crippen molar-refractivity contribution in [2.24, 2.45) is 0 Å². The van der Waals surface area contributed by atoms with Crippen LogP contribution in [0.5, 0.6) is 0 Å². The molecule has 0 aliphatic carbocycles. The van der Waals surface area contributed by atoms with Crippen LogP contribution in [0.3, 0.4) is 0 Å². The van der Waals surface area contributed by atoms with Crippen LogP contribution < -0.4 is 0 Å². The quantitative estimate of drug-likeness (QED) is 0.809. The number of aliphatic hydroxyl groups excluding tert-OH is 1. The summed E-state index contributed by atoms with van der Waals surface area (Å²) in [5.41, 5.74) is 2.23. The highest BCUT2D eigenvalue weighted by atomic mass is 16.3. The molecule has 1 aromatic rings. The van der Waals surface area contributed by atoms with Crippen LogP contribution >= 0.6 is 0 Å². The van der Waals surface area contributed by atoms with E-state index in [1.807, 2.05) is 37.3 Å². The highest BCUT2D eigenvalue weighted by Crippen LogP contribution is 2.11. The van der Waals surface area contributed by atoms with Crippen molar-refractivity contribution in [3.8, 4) is 0 Å². The van der Waals surface area contributed by atoms with Crippen molar-refractivity contribution >= 4 is 12.0 Å². The summed E-state index contributed by atoms with van der Waals surface area (Å²) >= 11 is 0. The lowest BCUT2D eigenvalue weighted by Gasteiger charge is -2.28. The molecule has 0 bridgehead atoms. The highest BCUT2D eigenvalue weighted by Gasteiger charge is 2.19. The molecule has 0 atom stereocenters. The zero-order valence-electron chi connectivity index (χ0n) is 10.7. The monoisotopic (exact) mass is 245 g/mol. The van der Waals surface area contributed by atoms with E-state index in [1.54, 1.807) is 11.0 Å². The van der Waals surface area contributed by atoms with Gasteiger partial charge in [0.25, 0.3) is 0 Å². The molecule has 96 valence electrons. The van der Waals surface area contributed by atoms with Crippen LogP contribution in [0.1, 0.15) is 24.0 Å². The normalized spacial score (nSPS) is 17.3. The largest absolute Gasteiger partial charge is 0.393 e. The minimum absolute atomic E-state index is 0.0309. The molecule has 18 heavy (non-hydrogen) atoms. The zero-order chi connectivity index (χ0) is 13.0. The second kappa shape index (κ2) is 5.83. The second-order valence-electron chi connectivity index (χ2n) is 4.80. The van der Waals surface area contributed by atoms with Gasteiger partial charge in [0.1, 0.15) is 0 Å². The number of amides is 1. The Morgan fingerprint density at radius 3 is 2.78 bits per heavy atom. The number of piperidine rings is 1. The molecular formula is C15H19NO2. The van der Waals surface area contributed by atoms with Gasteiger partial charge < -0.3 is 10.0 Å². The Kier molecular flexibility index (Phi) is 4.15. The van der Waals surface area contributed by atoms with E-state index >= 15 is 0 Å². The molecule has 1 saturated heterocycles. The summed E-state index contributed by atoms with van der Waals surface area (Å²) in [6, 6.07) is 8.04. The van der Waals surface area contributed by atoms with Gasteiger partial charge in [-0.3, -0.25) is 4.79 Å². The predicted molar refractivity (Wildman–Crippen MR) is 72.0 cm³/mol. The van der Waals surface area contributed by atoms with Crippen molar-refractivity contribution in [2.75, 3.05) is 13.1 Å². The summed E-state index contributed by atoms with van der Waals surface area (Å²) < 4.78 is 0. The summed E-state index contributed by atoms with van der Waals surface area (Å²) in [6.07, 6.45) is 4.59. The molecule has 1 aliphatic rings. The first-order chi connectivity index (χ1) is 8.65. The molecule has 2 rings (SSSR count). The van der Waals surface area contributed by atoms with Gasteiger partial charge in [-0.25, -0.2) is 0 Å². The number of nitrogens with zero attached hydrogens (tertiary/aromatic N) is 1. The van der Waals surface area contributed by atoms with E-state index in [0.717, 1.165) is 5.56 Å². The number of hydrogen-bond acceptors (Lipinski definition) is 2. The summed E-state index contributed by atoms with van der Waals surface area (Å²) in [4.78, 5) is 13.7. The summed E-state index contributed by atoms with van der Waals surface area (Å²) in [7, 11) is 0. The molecule has 1 N–H and O–H groups in total. The van der Waals surface area contributed by atoms with Gasteiger partial charge in [0.15, 0.2) is 0 Å². The fraction of sp³-hybridized carbons (Fsp3) is 0.400. The van der Waals surface area contributed by atoms with Crippen LogP contribution in [0.2, 0.25) is 0 Å². The van der Waals surface area contributed by atoms with Gasteiger partial charge in [-0.05, 0) is 31.4 Å². The minimum Gasteiger partial charge on any atom is -0.393 e. The first-order valence-corrected chi connectivity index (χ1v) is 6.37. The molecule has 1 aliphatic heterocycles. The third kappa shape index (κ3) is 3.44. The molecule has 1 amide bonds. The number of likely N-dealkylation sites (tertiary alicyclic amines) is 1. The molecule has 0 radical (unpaired) electrons. The smallest absolute Gasteiger partial charge is 0.246 e. The molecule has 1 aromatic carbocycles. The molecule has 0 spiro atoms. The number of aliphatic hydroxyl groups is 1. The van der Waals surface area contributed by atoms with E-state index in [1.165, 1.54) is 5.56 Å². The molecule has 0 saturated carbocycles. The van der Waals surface area contributed by atoms with Crippen molar-refractivity contribution in [3.05, 3.63) is 41.5 Å². The lowest BCUT2D eigenvalue weighted by molar-refractivity contribution is -0.127. The first-order valence-electron chi connectivity index (χ1n) is 6.37. The van der Waals surface area contributed by atoms with Gasteiger partial charge in [0.05, 0.1) is 6.10 Å². The highest BCUT2D eigenvalue weighted by molar-refractivity contribution is 5.91. The molecule has 3 heteroatoms. The maximum Gasteiger partial charge on any atom is 0.246 e. The van der Waals surface area contributed by atoms with E-state index in [4.69, 9.17) is 0 Å². The lowest BCUT2D eigenvalue weighted by Crippen LogP contribution is -2.39. The average molecular weight is 245 g/mol. The minimum atomic E-state index is -0.241. The van der Waals surface area contributed by atoms with Gasteiger partial charge in [-0.2, -0.15) is 0 Å². The Morgan fingerprint density at radius 2 is 2.11 bits per heavy atom. The number of benzene rings is 1. The summed E-state index contributed by atoms with van der Waals surface area (Å²) in [6.45, 7) is 3.33.